The van der Waals surface area contributed by atoms with E-state index in [0.717, 1.165) is 18.8 Å². The van der Waals surface area contributed by atoms with Crippen LogP contribution in [-0.2, 0) is 4.74 Å². The zero-order valence-corrected chi connectivity index (χ0v) is 15.0. The normalized spacial score (nSPS) is 14.9. The van der Waals surface area contributed by atoms with Gasteiger partial charge in [0.2, 0.25) is 0 Å². The molecule has 3 heterocycles. The van der Waals surface area contributed by atoms with Gasteiger partial charge in [-0.25, -0.2) is 4.63 Å². The highest BCUT2D eigenvalue weighted by molar-refractivity contribution is 7.71. The van der Waals surface area contributed by atoms with E-state index in [1.165, 1.54) is 4.57 Å². The third kappa shape index (κ3) is 2.54. The van der Waals surface area contributed by atoms with Gasteiger partial charge in [-0.05, 0) is 46.8 Å². The molecule has 1 N–H and O–H groups in total. The van der Waals surface area contributed by atoms with Gasteiger partial charge in [0.05, 0.1) is 35.5 Å². The number of aromatic amines is 1. The number of benzene rings is 2. The third-order valence-electron chi connectivity index (χ3n) is 4.77. The van der Waals surface area contributed by atoms with Crippen LogP contribution in [0, 0.1) is 4.77 Å². The summed E-state index contributed by atoms with van der Waals surface area (Å²) in [5.74, 6) is 0. The van der Waals surface area contributed by atoms with Crippen LogP contribution in [0.15, 0.2) is 45.8 Å². The van der Waals surface area contributed by atoms with E-state index in [9.17, 15) is 4.79 Å². The van der Waals surface area contributed by atoms with Crippen molar-refractivity contribution in [1.29, 1.82) is 0 Å². The lowest BCUT2D eigenvalue weighted by atomic mass is 10.2. The molecule has 0 spiro atoms. The maximum Gasteiger partial charge on any atom is 0.266 e. The molecule has 5 rings (SSSR count). The fourth-order valence-electron chi connectivity index (χ4n) is 3.46. The van der Waals surface area contributed by atoms with Crippen molar-refractivity contribution < 1.29 is 9.37 Å². The molecule has 27 heavy (non-hydrogen) atoms. The Kier molecular flexibility index (Phi) is 3.76. The van der Waals surface area contributed by atoms with E-state index in [2.05, 4.69) is 20.2 Å². The molecule has 1 aliphatic rings. The van der Waals surface area contributed by atoms with Crippen LogP contribution in [0.1, 0.15) is 0 Å². The Bertz CT molecular complexity index is 1270. The van der Waals surface area contributed by atoms with Gasteiger partial charge in [0.1, 0.15) is 0 Å². The highest BCUT2D eigenvalue weighted by Gasteiger charge is 2.20. The lowest BCUT2D eigenvalue weighted by molar-refractivity contribution is 0.123. The first kappa shape index (κ1) is 16.2. The fourth-order valence-corrected chi connectivity index (χ4v) is 3.75. The highest BCUT2D eigenvalue weighted by atomic mass is 32.1. The molecule has 8 nitrogen and oxygen atoms in total. The predicted octanol–water partition coefficient (Wildman–Crippen LogP) is 2.42. The largest absolute Gasteiger partial charge is 0.378 e. The SMILES string of the molecule is O=c1c2ccccc2[nH]c(=S)n1-c1ccc(N2CCOCC2)c2nonc12. The van der Waals surface area contributed by atoms with Crippen molar-refractivity contribution in [2.45, 2.75) is 0 Å². The molecule has 2 aromatic carbocycles. The quantitative estimate of drug-likeness (QED) is 0.533. The van der Waals surface area contributed by atoms with Gasteiger partial charge in [0, 0.05) is 13.1 Å². The molecule has 0 unspecified atom stereocenters. The molecule has 136 valence electrons. The number of fused-ring (bicyclic) bond motifs is 2. The Morgan fingerprint density at radius 1 is 1.00 bits per heavy atom. The van der Waals surface area contributed by atoms with Crippen molar-refractivity contribution >= 4 is 39.8 Å². The molecule has 2 aromatic heterocycles. The topological polar surface area (TPSA) is 89.2 Å². The van der Waals surface area contributed by atoms with E-state index in [1.807, 2.05) is 30.3 Å². The first-order valence-electron chi connectivity index (χ1n) is 8.56. The molecular formula is C18H15N5O3S. The van der Waals surface area contributed by atoms with Gasteiger partial charge < -0.3 is 14.6 Å². The summed E-state index contributed by atoms with van der Waals surface area (Å²) in [6.07, 6.45) is 0. The van der Waals surface area contributed by atoms with E-state index in [-0.39, 0.29) is 5.56 Å². The number of nitrogens with zero attached hydrogens (tertiary/aromatic N) is 4. The molecule has 4 aromatic rings. The first-order valence-corrected chi connectivity index (χ1v) is 8.97. The molecule has 0 saturated carbocycles. The molecule has 9 heteroatoms. The lowest BCUT2D eigenvalue weighted by Crippen LogP contribution is -2.36. The number of aromatic nitrogens is 4. The van der Waals surface area contributed by atoms with Gasteiger partial charge in [-0.2, -0.15) is 0 Å². The second kappa shape index (κ2) is 6.29. The summed E-state index contributed by atoms with van der Waals surface area (Å²) in [5.41, 5.74) is 3.03. The maximum atomic E-state index is 13.1. The number of hydrogen-bond donors (Lipinski definition) is 1. The van der Waals surface area contributed by atoms with E-state index < -0.39 is 0 Å². The molecule has 0 amide bonds. The Morgan fingerprint density at radius 2 is 1.70 bits per heavy atom. The summed E-state index contributed by atoms with van der Waals surface area (Å²) >= 11 is 5.45. The Hall–Kier alpha value is -3.04. The van der Waals surface area contributed by atoms with Gasteiger partial charge in [0.15, 0.2) is 15.8 Å². The van der Waals surface area contributed by atoms with Crippen LogP contribution >= 0.6 is 12.2 Å². The molecule has 0 bridgehead atoms. The van der Waals surface area contributed by atoms with Crippen LogP contribution in [0.5, 0.6) is 0 Å². The number of hydrogen-bond acceptors (Lipinski definition) is 7. The van der Waals surface area contributed by atoms with Crippen molar-refractivity contribution in [3.63, 3.8) is 0 Å². The van der Waals surface area contributed by atoms with Gasteiger partial charge in [0.25, 0.3) is 5.56 Å². The number of rotatable bonds is 2. The van der Waals surface area contributed by atoms with Crippen LogP contribution in [0.2, 0.25) is 0 Å². The third-order valence-corrected chi connectivity index (χ3v) is 5.06. The second-order valence-corrected chi connectivity index (χ2v) is 6.67. The number of para-hydroxylation sites is 1. The summed E-state index contributed by atoms with van der Waals surface area (Å²) in [4.78, 5) is 18.3. The molecule has 0 aliphatic carbocycles. The monoisotopic (exact) mass is 381 g/mol. The molecule has 1 saturated heterocycles. The number of morpholine rings is 1. The standard InChI is InChI=1S/C18H15N5O3S/c24-17-11-3-1-2-4-12(11)19-18(27)23(17)14-6-5-13(15-16(14)21-26-20-15)22-7-9-25-10-8-22/h1-6H,7-10H2,(H,19,27). The summed E-state index contributed by atoms with van der Waals surface area (Å²) in [6.45, 7) is 2.84. The van der Waals surface area contributed by atoms with E-state index in [0.29, 0.717) is 45.6 Å². The van der Waals surface area contributed by atoms with Crippen molar-refractivity contribution in [2.75, 3.05) is 31.2 Å². The molecule has 1 fully saturated rings. The Labute approximate surface area is 157 Å². The number of nitrogens with one attached hydrogen (secondary N) is 1. The van der Waals surface area contributed by atoms with E-state index in [4.69, 9.17) is 21.6 Å². The van der Waals surface area contributed by atoms with Crippen LogP contribution in [-0.4, -0.2) is 46.2 Å². The molecule has 0 atom stereocenters. The minimum Gasteiger partial charge on any atom is -0.378 e. The summed E-state index contributed by atoms with van der Waals surface area (Å²) < 4.78 is 12.2. The fraction of sp³-hybridized carbons (Fsp3) is 0.222. The molecule has 0 radical (unpaired) electrons. The predicted molar refractivity (Wildman–Crippen MR) is 103 cm³/mol. The van der Waals surface area contributed by atoms with Crippen LogP contribution in [0.3, 0.4) is 0 Å². The minimum atomic E-state index is -0.210. The Morgan fingerprint density at radius 3 is 2.52 bits per heavy atom. The lowest BCUT2D eigenvalue weighted by Gasteiger charge is -2.28. The van der Waals surface area contributed by atoms with Gasteiger partial charge in [-0.1, -0.05) is 12.1 Å². The summed E-state index contributed by atoms with van der Waals surface area (Å²) in [5, 5.41) is 8.67. The summed E-state index contributed by atoms with van der Waals surface area (Å²) in [6, 6.07) is 11.0. The van der Waals surface area contributed by atoms with Gasteiger partial charge in [-0.3, -0.25) is 9.36 Å². The number of H-pyrrole nitrogens is 1. The van der Waals surface area contributed by atoms with Crippen molar-refractivity contribution in [2.24, 2.45) is 0 Å². The highest BCUT2D eigenvalue weighted by Crippen LogP contribution is 2.29. The zero-order valence-electron chi connectivity index (χ0n) is 14.2. The molecular weight excluding hydrogens is 366 g/mol. The minimum absolute atomic E-state index is 0.210. The van der Waals surface area contributed by atoms with Crippen molar-refractivity contribution in [1.82, 2.24) is 19.9 Å². The first-order chi connectivity index (χ1) is 13.2. The summed E-state index contributed by atoms with van der Waals surface area (Å²) in [7, 11) is 0. The van der Waals surface area contributed by atoms with Crippen molar-refractivity contribution in [3.8, 4) is 5.69 Å². The second-order valence-electron chi connectivity index (χ2n) is 6.28. The number of anilines is 1. The average molecular weight is 381 g/mol. The van der Waals surface area contributed by atoms with E-state index >= 15 is 0 Å². The van der Waals surface area contributed by atoms with Crippen molar-refractivity contribution in [3.05, 3.63) is 51.5 Å². The number of ether oxygens (including phenoxy) is 1. The van der Waals surface area contributed by atoms with Crippen LogP contribution in [0.25, 0.3) is 27.6 Å². The van der Waals surface area contributed by atoms with Crippen LogP contribution in [0.4, 0.5) is 5.69 Å². The van der Waals surface area contributed by atoms with Gasteiger partial charge in [-0.15, -0.1) is 0 Å². The zero-order chi connectivity index (χ0) is 18.4. The Balaban J connectivity index is 1.76. The smallest absolute Gasteiger partial charge is 0.266 e. The average Bonchev–Trinajstić information content (AvgIpc) is 3.19. The maximum absolute atomic E-state index is 13.1. The molecule has 1 aliphatic heterocycles. The van der Waals surface area contributed by atoms with Gasteiger partial charge >= 0.3 is 0 Å². The van der Waals surface area contributed by atoms with E-state index in [1.54, 1.807) is 6.07 Å². The van der Waals surface area contributed by atoms with Crippen LogP contribution < -0.4 is 10.5 Å².